The molecule has 0 unspecified atom stereocenters. The van der Waals surface area contributed by atoms with Crippen molar-refractivity contribution in [3.8, 4) is 5.75 Å². The summed E-state index contributed by atoms with van der Waals surface area (Å²) in [7, 11) is 0. The summed E-state index contributed by atoms with van der Waals surface area (Å²) in [5.41, 5.74) is 1.21. The van der Waals surface area contributed by atoms with E-state index in [1.54, 1.807) is 0 Å². The lowest BCUT2D eigenvalue weighted by atomic mass is 10.1. The molecule has 64 valence electrons. The molecule has 0 aromatic heterocycles. The van der Waals surface area contributed by atoms with Crippen molar-refractivity contribution in [2.24, 2.45) is 0 Å². The number of alkyl halides is 1. The molecular formula is C9H8BrClO. The minimum absolute atomic E-state index is 0.276. The Balaban J connectivity index is 2.30. The molecule has 3 heteroatoms. The van der Waals surface area contributed by atoms with Crippen molar-refractivity contribution in [2.75, 3.05) is 5.33 Å². The first-order valence-electron chi connectivity index (χ1n) is 3.80. The Bertz CT molecular complexity index is 301. The molecule has 1 nitrogen and oxygen atoms in total. The first kappa shape index (κ1) is 8.39. The summed E-state index contributed by atoms with van der Waals surface area (Å²) < 4.78 is 5.61. The smallest absolute Gasteiger partial charge is 0.123 e. The Labute approximate surface area is 84.8 Å². The average Bonchev–Trinajstić information content (AvgIpc) is 2.46. The van der Waals surface area contributed by atoms with Crippen LogP contribution in [0.5, 0.6) is 5.75 Å². The molecule has 1 heterocycles. The molecule has 1 aromatic carbocycles. The van der Waals surface area contributed by atoms with E-state index in [0.29, 0.717) is 0 Å². The summed E-state index contributed by atoms with van der Waals surface area (Å²) >= 11 is 9.24. The third-order valence-electron chi connectivity index (χ3n) is 1.94. The molecule has 0 saturated carbocycles. The van der Waals surface area contributed by atoms with E-state index >= 15 is 0 Å². The van der Waals surface area contributed by atoms with Gasteiger partial charge in [-0.3, -0.25) is 0 Å². The van der Waals surface area contributed by atoms with Gasteiger partial charge < -0.3 is 4.74 Å². The van der Waals surface area contributed by atoms with E-state index in [-0.39, 0.29) is 6.10 Å². The minimum Gasteiger partial charge on any atom is -0.489 e. The first-order valence-corrected chi connectivity index (χ1v) is 5.30. The van der Waals surface area contributed by atoms with Gasteiger partial charge in [0.1, 0.15) is 11.9 Å². The fourth-order valence-corrected chi connectivity index (χ4v) is 1.93. The highest BCUT2D eigenvalue weighted by Gasteiger charge is 2.21. The predicted octanol–water partition coefficient (Wildman–Crippen LogP) is 3.04. The zero-order chi connectivity index (χ0) is 8.55. The fourth-order valence-electron chi connectivity index (χ4n) is 1.38. The van der Waals surface area contributed by atoms with Gasteiger partial charge in [-0.2, -0.15) is 0 Å². The number of ether oxygens (including phenoxy) is 1. The molecule has 12 heavy (non-hydrogen) atoms. The second kappa shape index (κ2) is 3.27. The topological polar surface area (TPSA) is 9.23 Å². The van der Waals surface area contributed by atoms with Gasteiger partial charge >= 0.3 is 0 Å². The molecule has 0 saturated heterocycles. The maximum atomic E-state index is 5.85. The summed E-state index contributed by atoms with van der Waals surface area (Å²) in [6.45, 7) is 0. The molecule has 0 spiro atoms. The number of hydrogen-bond acceptors (Lipinski definition) is 1. The van der Waals surface area contributed by atoms with Gasteiger partial charge in [0.25, 0.3) is 0 Å². The van der Waals surface area contributed by atoms with Gasteiger partial charge in [-0.1, -0.05) is 27.5 Å². The number of benzene rings is 1. The zero-order valence-corrected chi connectivity index (χ0v) is 8.73. The van der Waals surface area contributed by atoms with Crippen LogP contribution in [0.1, 0.15) is 5.56 Å². The van der Waals surface area contributed by atoms with E-state index in [9.17, 15) is 0 Å². The van der Waals surface area contributed by atoms with E-state index in [0.717, 1.165) is 22.5 Å². The van der Waals surface area contributed by atoms with E-state index < -0.39 is 0 Å². The lowest BCUT2D eigenvalue weighted by Crippen LogP contribution is -2.13. The van der Waals surface area contributed by atoms with E-state index in [4.69, 9.17) is 16.3 Å². The van der Waals surface area contributed by atoms with Gasteiger partial charge in [-0.15, -0.1) is 0 Å². The van der Waals surface area contributed by atoms with Gasteiger partial charge in [0.05, 0.1) is 0 Å². The molecule has 1 aliphatic rings. The Kier molecular flexibility index (Phi) is 2.28. The Morgan fingerprint density at radius 3 is 3.17 bits per heavy atom. The highest BCUT2D eigenvalue weighted by Crippen LogP contribution is 2.31. The van der Waals surface area contributed by atoms with Crippen molar-refractivity contribution < 1.29 is 4.74 Å². The molecule has 0 aliphatic carbocycles. The molecule has 1 atom stereocenters. The van der Waals surface area contributed by atoms with Crippen LogP contribution in [-0.2, 0) is 6.42 Å². The average molecular weight is 248 g/mol. The van der Waals surface area contributed by atoms with Crippen LogP contribution in [0.2, 0.25) is 5.02 Å². The second-order valence-corrected chi connectivity index (χ2v) is 3.93. The summed E-state index contributed by atoms with van der Waals surface area (Å²) in [5, 5.41) is 1.66. The van der Waals surface area contributed by atoms with E-state index in [1.807, 2.05) is 18.2 Å². The van der Waals surface area contributed by atoms with Crippen molar-refractivity contribution in [1.29, 1.82) is 0 Å². The predicted molar refractivity (Wildman–Crippen MR) is 53.4 cm³/mol. The van der Waals surface area contributed by atoms with Crippen molar-refractivity contribution >= 4 is 27.5 Å². The number of rotatable bonds is 1. The number of hydrogen-bond donors (Lipinski definition) is 0. The molecule has 0 bridgehead atoms. The fraction of sp³-hybridized carbons (Fsp3) is 0.333. The SMILES string of the molecule is Clc1ccc2c(c1)C[C@@H](CBr)O2. The maximum absolute atomic E-state index is 5.85. The van der Waals surface area contributed by atoms with Crippen LogP contribution in [0.25, 0.3) is 0 Å². The lowest BCUT2D eigenvalue weighted by Gasteiger charge is -2.04. The normalized spacial score (nSPS) is 20.3. The van der Waals surface area contributed by atoms with Crippen LogP contribution in [0.4, 0.5) is 0 Å². The Morgan fingerprint density at radius 1 is 1.58 bits per heavy atom. The van der Waals surface area contributed by atoms with Crippen LogP contribution in [-0.4, -0.2) is 11.4 Å². The standard InChI is InChI=1S/C9H8BrClO/c10-5-8-4-6-3-7(11)1-2-9(6)12-8/h1-3,8H,4-5H2/t8-/m0/s1. The summed E-state index contributed by atoms with van der Waals surface area (Å²) in [6, 6.07) is 5.76. The molecule has 2 rings (SSSR count). The third-order valence-corrected chi connectivity index (χ3v) is 2.89. The van der Waals surface area contributed by atoms with Gasteiger partial charge in [0.15, 0.2) is 0 Å². The molecule has 0 amide bonds. The van der Waals surface area contributed by atoms with E-state index in [1.165, 1.54) is 5.56 Å². The van der Waals surface area contributed by atoms with Gasteiger partial charge in [-0.05, 0) is 23.8 Å². The van der Waals surface area contributed by atoms with Crippen LogP contribution < -0.4 is 4.74 Å². The highest BCUT2D eigenvalue weighted by molar-refractivity contribution is 9.09. The van der Waals surface area contributed by atoms with Crippen LogP contribution in [0.3, 0.4) is 0 Å². The van der Waals surface area contributed by atoms with Gasteiger partial charge in [0.2, 0.25) is 0 Å². The van der Waals surface area contributed by atoms with Gasteiger partial charge in [-0.25, -0.2) is 0 Å². The summed E-state index contributed by atoms with van der Waals surface area (Å²) in [6.07, 6.45) is 1.24. The number of fused-ring (bicyclic) bond motifs is 1. The second-order valence-electron chi connectivity index (χ2n) is 2.85. The minimum atomic E-state index is 0.276. The third kappa shape index (κ3) is 1.46. The highest BCUT2D eigenvalue weighted by atomic mass is 79.9. The zero-order valence-electron chi connectivity index (χ0n) is 6.39. The molecular weight excluding hydrogens is 239 g/mol. The molecule has 0 fully saturated rings. The summed E-state index contributed by atoms with van der Waals surface area (Å²) in [5.74, 6) is 0.976. The quantitative estimate of drug-likeness (QED) is 0.693. The molecule has 0 N–H and O–H groups in total. The van der Waals surface area contributed by atoms with Crippen molar-refractivity contribution in [3.05, 3.63) is 28.8 Å². The molecule has 1 aliphatic heterocycles. The number of halogens is 2. The molecule has 1 aromatic rings. The van der Waals surface area contributed by atoms with Crippen molar-refractivity contribution in [1.82, 2.24) is 0 Å². The monoisotopic (exact) mass is 246 g/mol. The van der Waals surface area contributed by atoms with Gasteiger partial charge in [0, 0.05) is 16.8 Å². The largest absolute Gasteiger partial charge is 0.489 e. The van der Waals surface area contributed by atoms with E-state index in [2.05, 4.69) is 15.9 Å². The maximum Gasteiger partial charge on any atom is 0.123 e. The Hall–Kier alpha value is -0.210. The Morgan fingerprint density at radius 2 is 2.42 bits per heavy atom. The summed E-state index contributed by atoms with van der Waals surface area (Å²) in [4.78, 5) is 0. The lowest BCUT2D eigenvalue weighted by molar-refractivity contribution is 0.260. The first-order chi connectivity index (χ1) is 5.79. The van der Waals surface area contributed by atoms with Crippen LogP contribution >= 0.6 is 27.5 Å². The van der Waals surface area contributed by atoms with Crippen LogP contribution in [0.15, 0.2) is 18.2 Å². The van der Waals surface area contributed by atoms with Crippen molar-refractivity contribution in [3.63, 3.8) is 0 Å². The van der Waals surface area contributed by atoms with Crippen molar-refractivity contribution in [2.45, 2.75) is 12.5 Å². The molecule has 0 radical (unpaired) electrons. The van der Waals surface area contributed by atoms with Crippen LogP contribution in [0, 0.1) is 0 Å².